The van der Waals surface area contributed by atoms with Crippen LogP contribution in [0.1, 0.15) is 39.5 Å². The second-order valence-electron chi connectivity index (χ2n) is 4.36. The first-order valence-electron chi connectivity index (χ1n) is 5.02. The fourth-order valence-electron chi connectivity index (χ4n) is 2.38. The van der Waals surface area contributed by atoms with E-state index in [2.05, 4.69) is 19.9 Å². The summed E-state index contributed by atoms with van der Waals surface area (Å²) in [5, 5.41) is 0. The van der Waals surface area contributed by atoms with E-state index in [4.69, 9.17) is 4.74 Å². The zero-order chi connectivity index (χ0) is 8.60. The Balaban J connectivity index is 2.13. The van der Waals surface area contributed by atoms with Gasteiger partial charge in [0.1, 0.15) is 0 Å². The van der Waals surface area contributed by atoms with E-state index in [-0.39, 0.29) is 5.60 Å². The SMILES string of the molecule is CC1=CCC2(CC1)OCCC2C. The van der Waals surface area contributed by atoms with Crippen LogP contribution in [0.2, 0.25) is 0 Å². The van der Waals surface area contributed by atoms with E-state index in [0.29, 0.717) is 0 Å². The van der Waals surface area contributed by atoms with Crippen LogP contribution in [-0.4, -0.2) is 12.2 Å². The molecule has 0 aromatic heterocycles. The molecule has 0 N–H and O–H groups in total. The average molecular weight is 166 g/mol. The Morgan fingerprint density at radius 2 is 2.42 bits per heavy atom. The lowest BCUT2D eigenvalue weighted by Crippen LogP contribution is -2.35. The Morgan fingerprint density at radius 3 is 2.92 bits per heavy atom. The molecule has 1 heterocycles. The van der Waals surface area contributed by atoms with Crippen molar-refractivity contribution in [3.8, 4) is 0 Å². The van der Waals surface area contributed by atoms with Gasteiger partial charge in [0.25, 0.3) is 0 Å². The van der Waals surface area contributed by atoms with E-state index in [0.717, 1.165) is 18.9 Å². The zero-order valence-corrected chi connectivity index (χ0v) is 8.10. The Bertz CT molecular complexity index is 207. The van der Waals surface area contributed by atoms with Gasteiger partial charge >= 0.3 is 0 Å². The van der Waals surface area contributed by atoms with E-state index in [1.165, 1.54) is 19.3 Å². The predicted molar refractivity (Wildman–Crippen MR) is 50.1 cm³/mol. The summed E-state index contributed by atoms with van der Waals surface area (Å²) in [4.78, 5) is 0. The number of rotatable bonds is 0. The minimum atomic E-state index is 0.236. The molecule has 2 atom stereocenters. The highest BCUT2D eigenvalue weighted by Gasteiger charge is 2.41. The summed E-state index contributed by atoms with van der Waals surface area (Å²) >= 11 is 0. The summed E-state index contributed by atoms with van der Waals surface area (Å²) in [6, 6.07) is 0. The van der Waals surface area contributed by atoms with E-state index >= 15 is 0 Å². The summed E-state index contributed by atoms with van der Waals surface area (Å²) in [6.07, 6.45) is 7.26. The molecule has 1 aliphatic heterocycles. The number of hydrogen-bond acceptors (Lipinski definition) is 1. The Labute approximate surface area is 74.8 Å². The molecule has 0 aromatic carbocycles. The quantitative estimate of drug-likeness (QED) is 0.503. The third-order valence-corrected chi connectivity index (χ3v) is 3.58. The van der Waals surface area contributed by atoms with Crippen LogP contribution in [0, 0.1) is 5.92 Å². The maximum absolute atomic E-state index is 5.90. The standard InChI is InChI=1S/C11H18O/c1-9-3-6-11(7-4-9)10(2)5-8-12-11/h3,10H,4-8H2,1-2H3. The molecule has 2 unspecified atom stereocenters. The Morgan fingerprint density at radius 1 is 1.58 bits per heavy atom. The van der Waals surface area contributed by atoms with Gasteiger partial charge in [0.2, 0.25) is 0 Å². The van der Waals surface area contributed by atoms with Crippen LogP contribution in [0.25, 0.3) is 0 Å². The van der Waals surface area contributed by atoms with Crippen molar-refractivity contribution in [3.05, 3.63) is 11.6 Å². The molecular formula is C11H18O. The van der Waals surface area contributed by atoms with Crippen LogP contribution >= 0.6 is 0 Å². The van der Waals surface area contributed by atoms with E-state index in [9.17, 15) is 0 Å². The summed E-state index contributed by atoms with van der Waals surface area (Å²) in [7, 11) is 0. The molecule has 0 saturated carbocycles. The smallest absolute Gasteiger partial charge is 0.0746 e. The first-order chi connectivity index (χ1) is 5.73. The van der Waals surface area contributed by atoms with Gasteiger partial charge in [-0.15, -0.1) is 0 Å². The van der Waals surface area contributed by atoms with Gasteiger partial charge in [0, 0.05) is 6.61 Å². The zero-order valence-electron chi connectivity index (χ0n) is 8.10. The van der Waals surface area contributed by atoms with Crippen LogP contribution in [-0.2, 0) is 4.74 Å². The molecule has 1 fully saturated rings. The normalized spacial score (nSPS) is 41.8. The van der Waals surface area contributed by atoms with Gasteiger partial charge in [0.15, 0.2) is 0 Å². The van der Waals surface area contributed by atoms with Crippen LogP contribution in [0.5, 0.6) is 0 Å². The first-order valence-corrected chi connectivity index (χ1v) is 5.02. The molecule has 1 aliphatic carbocycles. The molecule has 1 spiro atoms. The van der Waals surface area contributed by atoms with Gasteiger partial charge in [-0.2, -0.15) is 0 Å². The summed E-state index contributed by atoms with van der Waals surface area (Å²) < 4.78 is 5.90. The number of ether oxygens (including phenoxy) is 1. The van der Waals surface area contributed by atoms with Crippen molar-refractivity contribution in [1.82, 2.24) is 0 Å². The molecule has 1 nitrogen and oxygen atoms in total. The third kappa shape index (κ3) is 1.20. The molecule has 2 rings (SSSR count). The van der Waals surface area contributed by atoms with Gasteiger partial charge in [-0.25, -0.2) is 0 Å². The fourth-order valence-corrected chi connectivity index (χ4v) is 2.38. The minimum Gasteiger partial charge on any atom is -0.374 e. The lowest BCUT2D eigenvalue weighted by atomic mass is 9.78. The lowest BCUT2D eigenvalue weighted by molar-refractivity contribution is -0.0256. The average Bonchev–Trinajstić information content (AvgIpc) is 2.41. The summed E-state index contributed by atoms with van der Waals surface area (Å²) in [5.74, 6) is 0.766. The maximum Gasteiger partial charge on any atom is 0.0746 e. The van der Waals surface area contributed by atoms with E-state index < -0.39 is 0 Å². The number of allylic oxidation sites excluding steroid dienone is 1. The molecule has 68 valence electrons. The van der Waals surface area contributed by atoms with Crippen LogP contribution < -0.4 is 0 Å². The van der Waals surface area contributed by atoms with E-state index in [1.54, 1.807) is 5.57 Å². The van der Waals surface area contributed by atoms with Gasteiger partial charge in [0.05, 0.1) is 5.60 Å². The minimum absolute atomic E-state index is 0.236. The van der Waals surface area contributed by atoms with E-state index in [1.807, 2.05) is 0 Å². The fraction of sp³-hybridized carbons (Fsp3) is 0.818. The lowest BCUT2D eigenvalue weighted by Gasteiger charge is -2.35. The molecule has 1 heteroatoms. The monoisotopic (exact) mass is 166 g/mol. The van der Waals surface area contributed by atoms with Crippen LogP contribution in [0.4, 0.5) is 0 Å². The maximum atomic E-state index is 5.90. The third-order valence-electron chi connectivity index (χ3n) is 3.58. The predicted octanol–water partition coefficient (Wildman–Crippen LogP) is 2.91. The van der Waals surface area contributed by atoms with Crippen molar-refractivity contribution in [2.75, 3.05) is 6.61 Å². The Hall–Kier alpha value is -0.300. The molecule has 0 bridgehead atoms. The van der Waals surface area contributed by atoms with Crippen molar-refractivity contribution in [2.24, 2.45) is 5.92 Å². The van der Waals surface area contributed by atoms with Crippen molar-refractivity contribution in [2.45, 2.75) is 45.1 Å². The van der Waals surface area contributed by atoms with Gasteiger partial charge in [-0.05, 0) is 38.5 Å². The molecule has 0 amide bonds. The van der Waals surface area contributed by atoms with Gasteiger partial charge < -0.3 is 4.74 Å². The van der Waals surface area contributed by atoms with Crippen molar-refractivity contribution >= 4 is 0 Å². The largest absolute Gasteiger partial charge is 0.374 e. The summed E-state index contributed by atoms with van der Waals surface area (Å²) in [6.45, 7) is 5.54. The van der Waals surface area contributed by atoms with Crippen molar-refractivity contribution in [1.29, 1.82) is 0 Å². The highest BCUT2D eigenvalue weighted by molar-refractivity contribution is 5.10. The van der Waals surface area contributed by atoms with Crippen LogP contribution in [0.15, 0.2) is 11.6 Å². The number of hydrogen-bond donors (Lipinski definition) is 0. The van der Waals surface area contributed by atoms with Gasteiger partial charge in [-0.1, -0.05) is 18.6 Å². The second-order valence-corrected chi connectivity index (χ2v) is 4.36. The highest BCUT2D eigenvalue weighted by atomic mass is 16.5. The van der Waals surface area contributed by atoms with Crippen LogP contribution in [0.3, 0.4) is 0 Å². The highest BCUT2D eigenvalue weighted by Crippen LogP contribution is 2.42. The second kappa shape index (κ2) is 2.88. The molecule has 0 radical (unpaired) electrons. The van der Waals surface area contributed by atoms with Gasteiger partial charge in [-0.3, -0.25) is 0 Å². The first kappa shape index (κ1) is 8.31. The molecule has 0 aromatic rings. The molecule has 2 aliphatic rings. The molecular weight excluding hydrogens is 148 g/mol. The van der Waals surface area contributed by atoms with Crippen molar-refractivity contribution < 1.29 is 4.74 Å². The summed E-state index contributed by atoms with van der Waals surface area (Å²) in [5.41, 5.74) is 1.78. The molecule has 12 heavy (non-hydrogen) atoms. The molecule has 1 saturated heterocycles. The topological polar surface area (TPSA) is 9.23 Å². The Kier molecular flexibility index (Phi) is 1.99. The van der Waals surface area contributed by atoms with Crippen molar-refractivity contribution in [3.63, 3.8) is 0 Å².